The fourth-order valence-corrected chi connectivity index (χ4v) is 2.40. The summed E-state index contributed by atoms with van der Waals surface area (Å²) in [5.41, 5.74) is 3.44. The Hall–Kier alpha value is -3.76. The summed E-state index contributed by atoms with van der Waals surface area (Å²) < 4.78 is 24.5. The number of benzene rings is 2. The molecule has 0 atom stereocenters. The number of hydrogen-bond donors (Lipinski definition) is 3. The van der Waals surface area contributed by atoms with Crippen LogP contribution in [0.3, 0.4) is 0 Å². The molecular formula is C20H21FN6O3. The lowest BCUT2D eigenvalue weighted by Crippen LogP contribution is -2.42. The summed E-state index contributed by atoms with van der Waals surface area (Å²) in [4.78, 5) is 20.2. The van der Waals surface area contributed by atoms with Gasteiger partial charge in [0.05, 0.1) is 12.8 Å². The topological polar surface area (TPSA) is 115 Å². The van der Waals surface area contributed by atoms with Gasteiger partial charge in [-0.2, -0.15) is 10.1 Å². The van der Waals surface area contributed by atoms with Crippen molar-refractivity contribution in [3.8, 4) is 5.75 Å². The number of hydrazine groups is 2. The van der Waals surface area contributed by atoms with E-state index in [-0.39, 0.29) is 11.8 Å². The maximum absolute atomic E-state index is 14.1. The SMILES string of the molecule is COCCOc1ccc(Nc2ncc(F)c(NN(N)C(=O)c3ccccc3)n2)cc1. The summed E-state index contributed by atoms with van der Waals surface area (Å²) >= 11 is 0. The number of halogens is 1. The Labute approximate surface area is 172 Å². The minimum Gasteiger partial charge on any atom is -0.491 e. The molecule has 0 fully saturated rings. The number of nitrogens with two attached hydrogens (primary N) is 1. The number of methoxy groups -OCH3 is 1. The van der Waals surface area contributed by atoms with Gasteiger partial charge in [0, 0.05) is 18.4 Å². The molecule has 0 saturated heterocycles. The molecule has 156 valence electrons. The van der Waals surface area contributed by atoms with Gasteiger partial charge in [-0.3, -0.25) is 10.2 Å². The highest BCUT2D eigenvalue weighted by atomic mass is 19.1. The van der Waals surface area contributed by atoms with Gasteiger partial charge in [-0.05, 0) is 36.4 Å². The second-order valence-electron chi connectivity index (χ2n) is 6.03. The van der Waals surface area contributed by atoms with Crippen LogP contribution in [0.5, 0.6) is 5.75 Å². The average molecular weight is 412 g/mol. The molecule has 9 nitrogen and oxygen atoms in total. The third-order valence-electron chi connectivity index (χ3n) is 3.88. The summed E-state index contributed by atoms with van der Waals surface area (Å²) in [5.74, 6) is 4.95. The summed E-state index contributed by atoms with van der Waals surface area (Å²) in [5, 5.41) is 3.61. The fourth-order valence-electron chi connectivity index (χ4n) is 2.40. The molecule has 0 aliphatic heterocycles. The summed E-state index contributed by atoms with van der Waals surface area (Å²) in [7, 11) is 1.60. The van der Waals surface area contributed by atoms with Crippen molar-refractivity contribution in [2.45, 2.75) is 0 Å². The van der Waals surface area contributed by atoms with Crippen LogP contribution in [0, 0.1) is 5.82 Å². The van der Waals surface area contributed by atoms with E-state index in [4.69, 9.17) is 15.3 Å². The molecule has 0 unspecified atom stereocenters. The lowest BCUT2D eigenvalue weighted by Gasteiger charge is -2.18. The second kappa shape index (κ2) is 10.1. The molecular weight excluding hydrogens is 391 g/mol. The first-order valence-electron chi connectivity index (χ1n) is 8.99. The van der Waals surface area contributed by atoms with Crippen LogP contribution < -0.4 is 21.3 Å². The Kier molecular flexibility index (Phi) is 7.09. The number of nitrogens with one attached hydrogen (secondary N) is 2. The van der Waals surface area contributed by atoms with E-state index in [0.29, 0.717) is 35.3 Å². The monoisotopic (exact) mass is 412 g/mol. The number of anilines is 3. The zero-order valence-corrected chi connectivity index (χ0v) is 16.2. The number of rotatable bonds is 9. The van der Waals surface area contributed by atoms with E-state index in [0.717, 1.165) is 6.20 Å². The van der Waals surface area contributed by atoms with Crippen molar-refractivity contribution >= 4 is 23.4 Å². The minimum absolute atomic E-state index is 0.118. The van der Waals surface area contributed by atoms with E-state index >= 15 is 0 Å². The first-order valence-corrected chi connectivity index (χ1v) is 8.99. The van der Waals surface area contributed by atoms with Crippen molar-refractivity contribution in [1.82, 2.24) is 15.1 Å². The van der Waals surface area contributed by atoms with Gasteiger partial charge in [0.25, 0.3) is 5.91 Å². The molecule has 10 heteroatoms. The van der Waals surface area contributed by atoms with Crippen molar-refractivity contribution in [3.63, 3.8) is 0 Å². The van der Waals surface area contributed by atoms with Crippen LogP contribution >= 0.6 is 0 Å². The lowest BCUT2D eigenvalue weighted by atomic mass is 10.2. The van der Waals surface area contributed by atoms with E-state index in [2.05, 4.69) is 20.7 Å². The molecule has 2 aromatic carbocycles. The highest BCUT2D eigenvalue weighted by Crippen LogP contribution is 2.20. The van der Waals surface area contributed by atoms with Crippen molar-refractivity contribution in [2.75, 3.05) is 31.1 Å². The number of carbonyl (C=O) groups excluding carboxylic acids is 1. The molecule has 3 aromatic rings. The zero-order valence-electron chi connectivity index (χ0n) is 16.2. The molecule has 0 saturated carbocycles. The zero-order chi connectivity index (χ0) is 21.3. The molecule has 0 spiro atoms. The number of hydrogen-bond acceptors (Lipinski definition) is 8. The number of ether oxygens (including phenoxy) is 2. The molecule has 3 rings (SSSR count). The van der Waals surface area contributed by atoms with Crippen molar-refractivity contribution in [1.29, 1.82) is 0 Å². The van der Waals surface area contributed by atoms with Gasteiger partial charge in [0.1, 0.15) is 12.4 Å². The highest BCUT2D eigenvalue weighted by molar-refractivity contribution is 5.94. The fraction of sp³-hybridized carbons (Fsp3) is 0.150. The van der Waals surface area contributed by atoms with Gasteiger partial charge in [-0.15, -0.1) is 0 Å². The van der Waals surface area contributed by atoms with Gasteiger partial charge in [-0.25, -0.2) is 15.2 Å². The largest absolute Gasteiger partial charge is 0.491 e. The Morgan fingerprint density at radius 3 is 2.57 bits per heavy atom. The van der Waals surface area contributed by atoms with E-state index in [9.17, 15) is 9.18 Å². The average Bonchev–Trinajstić information content (AvgIpc) is 2.77. The van der Waals surface area contributed by atoms with Crippen molar-refractivity contribution in [3.05, 3.63) is 72.2 Å². The predicted molar refractivity (Wildman–Crippen MR) is 110 cm³/mol. The van der Waals surface area contributed by atoms with E-state index in [1.807, 2.05) is 0 Å². The van der Waals surface area contributed by atoms with Gasteiger partial charge < -0.3 is 14.8 Å². The van der Waals surface area contributed by atoms with Crippen LogP contribution in [0.2, 0.25) is 0 Å². The van der Waals surface area contributed by atoms with Gasteiger partial charge >= 0.3 is 0 Å². The molecule has 1 heterocycles. The standard InChI is InChI=1S/C20H21FN6O3/c1-29-11-12-30-16-9-7-15(8-10-16)24-20-23-13-17(21)18(25-20)26-27(22)19(28)14-5-3-2-4-6-14/h2-10,13H,11-12,22H2,1H3,(H2,23,24,25,26). The predicted octanol–water partition coefficient (Wildman–Crippen LogP) is 2.73. The number of nitrogens with zero attached hydrogens (tertiary/aromatic N) is 3. The Morgan fingerprint density at radius 2 is 1.87 bits per heavy atom. The summed E-state index contributed by atoms with van der Waals surface area (Å²) in [6.45, 7) is 0.931. The summed E-state index contributed by atoms with van der Waals surface area (Å²) in [6, 6.07) is 15.4. The lowest BCUT2D eigenvalue weighted by molar-refractivity contribution is 0.0792. The normalized spacial score (nSPS) is 10.4. The molecule has 4 N–H and O–H groups in total. The Bertz CT molecular complexity index is 972. The van der Waals surface area contributed by atoms with Crippen molar-refractivity contribution in [2.24, 2.45) is 5.84 Å². The van der Waals surface area contributed by atoms with Crippen LogP contribution in [0.4, 0.5) is 21.8 Å². The number of aromatic nitrogens is 2. The van der Waals surface area contributed by atoms with E-state index in [1.54, 1.807) is 61.7 Å². The molecule has 30 heavy (non-hydrogen) atoms. The number of amides is 1. The third-order valence-corrected chi connectivity index (χ3v) is 3.88. The highest BCUT2D eigenvalue weighted by Gasteiger charge is 2.15. The second-order valence-corrected chi connectivity index (χ2v) is 6.03. The molecule has 1 aromatic heterocycles. The Morgan fingerprint density at radius 1 is 1.13 bits per heavy atom. The smallest absolute Gasteiger partial charge is 0.287 e. The van der Waals surface area contributed by atoms with Crippen molar-refractivity contribution < 1.29 is 18.7 Å². The van der Waals surface area contributed by atoms with E-state index in [1.165, 1.54) is 0 Å². The molecule has 0 bridgehead atoms. The van der Waals surface area contributed by atoms with Crippen LogP contribution in [0.1, 0.15) is 10.4 Å². The maximum atomic E-state index is 14.1. The molecule has 0 radical (unpaired) electrons. The molecule has 0 aliphatic rings. The van der Waals surface area contributed by atoms with E-state index < -0.39 is 11.7 Å². The quantitative estimate of drug-likeness (QED) is 0.213. The third kappa shape index (κ3) is 5.63. The maximum Gasteiger partial charge on any atom is 0.287 e. The Balaban J connectivity index is 1.65. The first kappa shape index (κ1) is 21.0. The van der Waals surface area contributed by atoms with Gasteiger partial charge in [0.2, 0.25) is 5.95 Å². The van der Waals surface area contributed by atoms with Gasteiger partial charge in [-0.1, -0.05) is 18.2 Å². The minimum atomic E-state index is -0.765. The van der Waals surface area contributed by atoms with Crippen LogP contribution in [-0.2, 0) is 4.74 Å². The van der Waals surface area contributed by atoms with Crippen LogP contribution in [-0.4, -0.2) is 41.3 Å². The van der Waals surface area contributed by atoms with Gasteiger partial charge in [0.15, 0.2) is 11.6 Å². The summed E-state index contributed by atoms with van der Waals surface area (Å²) in [6.07, 6.45) is 0.973. The number of carbonyl (C=O) groups is 1. The van der Waals surface area contributed by atoms with Crippen LogP contribution in [0.25, 0.3) is 0 Å². The first-order chi connectivity index (χ1) is 14.6. The molecule has 1 amide bonds. The van der Waals surface area contributed by atoms with Crippen LogP contribution in [0.15, 0.2) is 60.8 Å². The molecule has 0 aliphatic carbocycles.